The number of anilines is 1. The van der Waals surface area contributed by atoms with E-state index in [2.05, 4.69) is 4.99 Å². The number of nitrogens with one attached hydrogen (secondary N) is 1. The molecule has 2 aliphatic heterocycles. The highest BCUT2D eigenvalue weighted by molar-refractivity contribution is 8.93. The zero-order valence-corrected chi connectivity index (χ0v) is 24.5. The van der Waals surface area contributed by atoms with Crippen molar-refractivity contribution in [1.29, 1.82) is 10.7 Å². The number of carbonyl (C=O) groups excluding carboxylic acids is 1. The Balaban J connectivity index is 0.00000420. The molecule has 2 aromatic carbocycles. The van der Waals surface area contributed by atoms with Gasteiger partial charge in [0.15, 0.2) is 23.1 Å². The highest BCUT2D eigenvalue weighted by atomic mass is 79.9. The van der Waals surface area contributed by atoms with Crippen molar-refractivity contribution in [1.82, 2.24) is 4.90 Å². The van der Waals surface area contributed by atoms with E-state index >= 15 is 4.39 Å². The van der Waals surface area contributed by atoms with Crippen molar-refractivity contribution in [3.05, 3.63) is 46.3 Å². The number of nitrogens with zero attached hydrogens (tertiary/aromatic N) is 4. The van der Waals surface area contributed by atoms with E-state index in [4.69, 9.17) is 24.9 Å². The van der Waals surface area contributed by atoms with Crippen LogP contribution in [-0.2, 0) is 12.0 Å². The third-order valence-corrected chi connectivity index (χ3v) is 6.45. The van der Waals surface area contributed by atoms with E-state index < -0.39 is 5.82 Å². The summed E-state index contributed by atoms with van der Waals surface area (Å²) in [6.07, 6.45) is 3.19. The van der Waals surface area contributed by atoms with Gasteiger partial charge in [0.25, 0.3) is 0 Å². The van der Waals surface area contributed by atoms with E-state index in [1.165, 1.54) is 6.34 Å². The van der Waals surface area contributed by atoms with Gasteiger partial charge in [0, 0.05) is 17.7 Å². The van der Waals surface area contributed by atoms with Crippen LogP contribution in [0.5, 0.6) is 17.2 Å². The summed E-state index contributed by atoms with van der Waals surface area (Å²) in [7, 11) is 0. The second kappa shape index (κ2) is 12.0. The van der Waals surface area contributed by atoms with Crippen molar-refractivity contribution >= 4 is 40.6 Å². The summed E-state index contributed by atoms with van der Waals surface area (Å²) in [5.41, 5.74) is 2.30. The first kappa shape index (κ1) is 29.9. The number of fused-ring (bicyclic) bond motifs is 2. The van der Waals surface area contributed by atoms with Gasteiger partial charge in [0.1, 0.15) is 24.5 Å². The zero-order valence-electron chi connectivity index (χ0n) is 22.8. The number of ether oxygens (including phenoxy) is 3. The molecule has 0 amide bonds. The standard InChI is InChI=1S/C28H32FN5O4.BrH/c1-6-36-22-12-18-13-34(27(31)23(18)24(29)26(22)37-7-2)14-21(35)17-10-19(28(3,4)5)25-20(11-17)33(8-9-38-25)16-32-15-30;/h10-12,16,31H,6-9,13-14H2,1-5H3;1H. The molecule has 2 aliphatic rings. The molecular weight excluding hydrogens is 569 g/mol. The summed E-state index contributed by atoms with van der Waals surface area (Å²) < 4.78 is 32.5. The minimum Gasteiger partial charge on any atom is -0.490 e. The lowest BCUT2D eigenvalue weighted by Crippen LogP contribution is -2.34. The molecule has 0 radical (unpaired) electrons. The lowest BCUT2D eigenvalue weighted by Gasteiger charge is -2.33. The second-order valence-electron chi connectivity index (χ2n) is 10.1. The molecule has 0 unspecified atom stereocenters. The number of Topliss-reactive ketones (excluding diaryl/α,β-unsaturated/α-hetero) is 1. The number of benzene rings is 2. The van der Waals surface area contributed by atoms with Crippen molar-refractivity contribution in [2.75, 3.05) is 37.8 Å². The fourth-order valence-electron chi connectivity index (χ4n) is 4.70. The normalized spacial score (nSPS) is 14.3. The smallest absolute Gasteiger partial charge is 0.207 e. The van der Waals surface area contributed by atoms with Crippen LogP contribution < -0.4 is 19.1 Å². The van der Waals surface area contributed by atoms with Gasteiger partial charge in [-0.25, -0.2) is 4.39 Å². The molecule has 1 N–H and O–H groups in total. The topological polar surface area (TPSA) is 111 Å². The van der Waals surface area contributed by atoms with E-state index in [1.54, 1.807) is 42.0 Å². The number of carbonyl (C=O) groups is 1. The van der Waals surface area contributed by atoms with Gasteiger partial charge >= 0.3 is 0 Å². The van der Waals surface area contributed by atoms with Crippen LogP contribution in [0.15, 0.2) is 23.2 Å². The summed E-state index contributed by atoms with van der Waals surface area (Å²) in [6.45, 7) is 11.2. The van der Waals surface area contributed by atoms with Gasteiger partial charge in [-0.3, -0.25) is 10.2 Å². The number of hydrogen-bond donors (Lipinski definition) is 1. The Kier molecular flexibility index (Phi) is 9.22. The van der Waals surface area contributed by atoms with E-state index in [9.17, 15) is 4.79 Å². The summed E-state index contributed by atoms with van der Waals surface area (Å²) in [5, 5.41) is 17.6. The largest absolute Gasteiger partial charge is 0.490 e. The Morgan fingerprint density at radius 3 is 2.62 bits per heavy atom. The molecule has 0 saturated heterocycles. The third kappa shape index (κ3) is 5.86. The quantitative estimate of drug-likeness (QED) is 0.191. The predicted molar refractivity (Wildman–Crippen MR) is 153 cm³/mol. The maximum atomic E-state index is 15.4. The lowest BCUT2D eigenvalue weighted by atomic mass is 9.84. The van der Waals surface area contributed by atoms with Gasteiger partial charge in [0.2, 0.25) is 6.19 Å². The number of ketones is 1. The minimum absolute atomic E-state index is 0. The highest BCUT2D eigenvalue weighted by Gasteiger charge is 2.34. The molecule has 9 nitrogen and oxygen atoms in total. The molecule has 0 saturated carbocycles. The molecule has 0 fully saturated rings. The number of nitriles is 1. The van der Waals surface area contributed by atoms with Crippen LogP contribution in [0.2, 0.25) is 0 Å². The van der Waals surface area contributed by atoms with Crippen molar-refractivity contribution in [2.24, 2.45) is 4.99 Å². The molecule has 0 aromatic heterocycles. The monoisotopic (exact) mass is 601 g/mol. The fraction of sp³-hybridized carbons (Fsp3) is 0.429. The SMILES string of the molecule is Br.CCOc1cc2c(c(F)c1OCC)C(=N)N(CC(=O)c1cc3c(c(C(C)(C)C)c1)OCCN3C=NC#N)C2. The summed E-state index contributed by atoms with van der Waals surface area (Å²) in [4.78, 5) is 20.6. The molecule has 208 valence electrons. The number of amidine groups is 1. The summed E-state index contributed by atoms with van der Waals surface area (Å²) in [5.74, 6) is -0.0324. The Morgan fingerprint density at radius 2 is 1.97 bits per heavy atom. The molecule has 0 bridgehead atoms. The Bertz CT molecular complexity index is 1350. The number of halogens is 2. The molecule has 11 heteroatoms. The van der Waals surface area contributed by atoms with Crippen LogP contribution in [0.4, 0.5) is 10.1 Å². The molecule has 2 aromatic rings. The maximum Gasteiger partial charge on any atom is 0.207 e. The van der Waals surface area contributed by atoms with Gasteiger partial charge in [0.05, 0.1) is 37.6 Å². The van der Waals surface area contributed by atoms with Crippen molar-refractivity contribution in [3.63, 3.8) is 0 Å². The molecule has 39 heavy (non-hydrogen) atoms. The van der Waals surface area contributed by atoms with Crippen LogP contribution in [-0.4, -0.2) is 55.8 Å². The molecule has 0 atom stereocenters. The van der Waals surface area contributed by atoms with Crippen molar-refractivity contribution in [2.45, 2.75) is 46.6 Å². The molecule has 0 aliphatic carbocycles. The van der Waals surface area contributed by atoms with Gasteiger partial charge in [-0.05, 0) is 43.0 Å². The zero-order chi connectivity index (χ0) is 27.6. The van der Waals surface area contributed by atoms with E-state index in [0.29, 0.717) is 42.3 Å². The Hall–Kier alpha value is -3.65. The van der Waals surface area contributed by atoms with Crippen LogP contribution in [0.3, 0.4) is 0 Å². The van der Waals surface area contributed by atoms with Gasteiger partial charge in [-0.2, -0.15) is 10.3 Å². The third-order valence-electron chi connectivity index (χ3n) is 6.45. The fourth-order valence-corrected chi connectivity index (χ4v) is 4.70. The van der Waals surface area contributed by atoms with E-state index in [0.717, 1.165) is 5.56 Å². The number of rotatable bonds is 8. The Morgan fingerprint density at radius 1 is 1.26 bits per heavy atom. The van der Waals surface area contributed by atoms with Crippen molar-refractivity contribution < 1.29 is 23.4 Å². The van der Waals surface area contributed by atoms with Crippen LogP contribution >= 0.6 is 17.0 Å². The van der Waals surface area contributed by atoms with Gasteiger partial charge in [-0.1, -0.05) is 20.8 Å². The van der Waals surface area contributed by atoms with Gasteiger partial charge in [-0.15, -0.1) is 17.0 Å². The van der Waals surface area contributed by atoms with Crippen molar-refractivity contribution in [3.8, 4) is 23.4 Å². The van der Waals surface area contributed by atoms with Crippen LogP contribution in [0.1, 0.15) is 61.7 Å². The summed E-state index contributed by atoms with van der Waals surface area (Å²) >= 11 is 0. The summed E-state index contributed by atoms with van der Waals surface area (Å²) in [6, 6.07) is 5.23. The lowest BCUT2D eigenvalue weighted by molar-refractivity contribution is 0.0962. The van der Waals surface area contributed by atoms with Crippen LogP contribution in [0, 0.1) is 22.7 Å². The predicted octanol–water partition coefficient (Wildman–Crippen LogP) is 5.23. The average molecular weight is 603 g/mol. The first-order valence-corrected chi connectivity index (χ1v) is 12.6. The number of aliphatic imine (C=N–C) groups is 1. The first-order valence-electron chi connectivity index (χ1n) is 12.6. The first-order chi connectivity index (χ1) is 18.1. The Labute approximate surface area is 238 Å². The number of hydrogen-bond acceptors (Lipinski definition) is 7. The van der Waals surface area contributed by atoms with E-state index in [1.807, 2.05) is 26.8 Å². The molecule has 0 spiro atoms. The van der Waals surface area contributed by atoms with E-state index in [-0.39, 0.29) is 70.8 Å². The minimum atomic E-state index is -0.652. The average Bonchev–Trinajstić information content (AvgIpc) is 3.18. The molecular formula is C28H33BrFN5O4. The molecule has 4 rings (SSSR count). The molecule has 2 heterocycles. The van der Waals surface area contributed by atoms with Crippen LogP contribution in [0.25, 0.3) is 0 Å². The van der Waals surface area contributed by atoms with Gasteiger partial charge < -0.3 is 24.0 Å². The maximum absolute atomic E-state index is 15.4. The second-order valence-corrected chi connectivity index (χ2v) is 10.1. The highest BCUT2D eigenvalue weighted by Crippen LogP contribution is 2.42.